The van der Waals surface area contributed by atoms with E-state index in [4.69, 9.17) is 14.6 Å². The molecular weight excluding hydrogens is 630 g/mol. The number of carbonyl (C=O) groups is 1. The summed E-state index contributed by atoms with van der Waals surface area (Å²) in [7, 11) is 0. The Morgan fingerprint density at radius 1 is 0.735 bits per heavy atom. The van der Waals surface area contributed by atoms with Gasteiger partial charge in [-0.2, -0.15) is 0 Å². The molecule has 2 aromatic rings. The average Bonchev–Trinajstić information content (AvgIpc) is 3.09. The van der Waals surface area contributed by atoms with Crippen molar-refractivity contribution in [3.8, 4) is 17.2 Å². The number of phenols is 2. The molecule has 2 aromatic carbocycles. The van der Waals surface area contributed by atoms with Crippen LogP contribution in [0, 0.1) is 0 Å². The van der Waals surface area contributed by atoms with Crippen LogP contribution in [-0.2, 0) is 9.53 Å². The van der Waals surface area contributed by atoms with Crippen LogP contribution in [0.5, 0.6) is 17.2 Å². The highest BCUT2D eigenvalue weighted by atomic mass is 16.7. The fraction of sp³-hybridized carbons (Fsp3) is 0.605. The zero-order chi connectivity index (χ0) is 35.9. The van der Waals surface area contributed by atoms with Crippen molar-refractivity contribution in [2.75, 3.05) is 19.8 Å². The number of ether oxygens (including phenoxy) is 2. The first kappa shape index (κ1) is 42.0. The highest BCUT2D eigenvalue weighted by Crippen LogP contribution is 2.28. The van der Waals surface area contributed by atoms with E-state index in [0.717, 1.165) is 18.4 Å². The van der Waals surface area contributed by atoms with Gasteiger partial charge in [-0.1, -0.05) is 108 Å². The fourth-order valence-corrected chi connectivity index (χ4v) is 5.43. The number of amides is 1. The third kappa shape index (κ3) is 17.3. The Morgan fingerprint density at radius 2 is 1.31 bits per heavy atom. The lowest BCUT2D eigenvalue weighted by atomic mass is 9.99. The maximum Gasteiger partial charge on any atom is 0.229 e. The van der Waals surface area contributed by atoms with Crippen molar-refractivity contribution in [2.24, 2.45) is 0 Å². The van der Waals surface area contributed by atoms with Gasteiger partial charge in [0.05, 0.1) is 13.2 Å². The SMILES string of the molecule is CCCCCCCCCCCCCCCC(=O)NCCO.OC[C@H]1O[C@@H](Oc2cc(O)cc(/C=C/c3ccc(O)cc3)c2)[C@H](O)[C@@H](O)[C@@H]1O. The number of rotatable bonds is 21. The molecule has 1 saturated heterocycles. The maximum absolute atomic E-state index is 11.3. The Hall–Kier alpha value is -3.19. The van der Waals surface area contributed by atoms with Gasteiger partial charge < -0.3 is 50.5 Å². The van der Waals surface area contributed by atoms with Crippen LogP contribution in [0.25, 0.3) is 12.2 Å². The first-order valence-electron chi connectivity index (χ1n) is 17.8. The predicted molar refractivity (Wildman–Crippen MR) is 190 cm³/mol. The van der Waals surface area contributed by atoms with E-state index in [0.29, 0.717) is 18.5 Å². The topological polar surface area (TPSA) is 189 Å². The minimum Gasteiger partial charge on any atom is -0.508 e. The number of aromatic hydroxyl groups is 2. The summed E-state index contributed by atoms with van der Waals surface area (Å²) in [5.74, 6) is 0.305. The summed E-state index contributed by atoms with van der Waals surface area (Å²) in [5.41, 5.74) is 1.42. The second-order valence-corrected chi connectivity index (χ2v) is 12.6. The zero-order valence-corrected chi connectivity index (χ0v) is 29.0. The minimum atomic E-state index is -1.55. The number of nitrogens with one attached hydrogen (secondary N) is 1. The molecule has 3 rings (SSSR count). The standard InChI is InChI=1S/C20H22O8.C18H37NO2/c21-10-16-17(24)18(25)19(26)20(28-16)27-15-8-12(7-14(23)9-15)2-1-11-3-5-13(22)6-4-11;1-2-3-4-5-6-7-8-9-10-11-12-13-14-15-18(21)19-16-17-20/h1-9,16-26H,10H2;20H,2-17H2,1H3,(H,19,21)/b2-1+;/t16-,17-,18+,19-,20-;/m1./s1. The summed E-state index contributed by atoms with van der Waals surface area (Å²) in [6.45, 7) is 2.12. The molecule has 0 aliphatic carbocycles. The van der Waals surface area contributed by atoms with E-state index in [1.54, 1.807) is 42.5 Å². The van der Waals surface area contributed by atoms with Gasteiger partial charge in [-0.25, -0.2) is 0 Å². The van der Waals surface area contributed by atoms with Crippen molar-refractivity contribution in [2.45, 2.75) is 128 Å². The smallest absolute Gasteiger partial charge is 0.229 e. The van der Waals surface area contributed by atoms with Gasteiger partial charge >= 0.3 is 0 Å². The van der Waals surface area contributed by atoms with E-state index in [2.05, 4.69) is 12.2 Å². The molecular formula is C38H59NO10. The largest absolute Gasteiger partial charge is 0.508 e. The van der Waals surface area contributed by atoms with Crippen molar-refractivity contribution < 1.29 is 50.0 Å². The molecule has 11 nitrogen and oxygen atoms in total. The Morgan fingerprint density at radius 3 is 1.88 bits per heavy atom. The molecule has 0 bridgehead atoms. The second-order valence-electron chi connectivity index (χ2n) is 12.6. The molecule has 0 radical (unpaired) electrons. The summed E-state index contributed by atoms with van der Waals surface area (Å²) in [4.78, 5) is 11.3. The quantitative estimate of drug-likeness (QED) is 0.0653. The van der Waals surface area contributed by atoms with Gasteiger partial charge in [0.2, 0.25) is 12.2 Å². The van der Waals surface area contributed by atoms with Crippen LogP contribution in [0.2, 0.25) is 0 Å². The third-order valence-electron chi connectivity index (χ3n) is 8.32. The highest BCUT2D eigenvalue weighted by molar-refractivity contribution is 5.75. The molecule has 0 saturated carbocycles. The average molecular weight is 690 g/mol. The Labute approximate surface area is 291 Å². The van der Waals surface area contributed by atoms with Crippen molar-refractivity contribution in [3.63, 3.8) is 0 Å². The van der Waals surface area contributed by atoms with Gasteiger partial charge in [-0.15, -0.1) is 0 Å². The number of phenolic OH excluding ortho intramolecular Hbond substituents is 2. The number of hydrogen-bond acceptors (Lipinski definition) is 10. The van der Waals surface area contributed by atoms with E-state index in [1.807, 2.05) is 0 Å². The molecule has 11 heteroatoms. The zero-order valence-electron chi connectivity index (χ0n) is 29.0. The van der Waals surface area contributed by atoms with Crippen molar-refractivity contribution in [1.82, 2.24) is 5.32 Å². The lowest BCUT2D eigenvalue weighted by Gasteiger charge is -2.39. The van der Waals surface area contributed by atoms with E-state index in [9.17, 15) is 35.4 Å². The monoisotopic (exact) mass is 689 g/mol. The lowest BCUT2D eigenvalue weighted by molar-refractivity contribution is -0.277. The number of hydrogen-bond donors (Lipinski definition) is 8. The first-order chi connectivity index (χ1) is 23.7. The molecule has 1 fully saturated rings. The first-order valence-corrected chi connectivity index (χ1v) is 17.8. The van der Waals surface area contributed by atoms with Gasteiger partial charge in [-0.3, -0.25) is 4.79 Å². The number of aliphatic hydroxyl groups excluding tert-OH is 5. The fourth-order valence-electron chi connectivity index (χ4n) is 5.43. The Bertz CT molecular complexity index is 1190. The van der Waals surface area contributed by atoms with Crippen LogP contribution in [0.3, 0.4) is 0 Å². The summed E-state index contributed by atoms with van der Waals surface area (Å²) in [5, 5.41) is 69.5. The second kappa shape index (κ2) is 24.9. The molecule has 1 amide bonds. The summed E-state index contributed by atoms with van der Waals surface area (Å²) >= 11 is 0. The molecule has 5 atom stereocenters. The number of aliphatic hydroxyl groups is 5. The molecule has 276 valence electrons. The minimum absolute atomic E-state index is 0.0321. The number of carbonyl (C=O) groups excluding carboxylic acids is 1. The predicted octanol–water partition coefficient (Wildman–Crippen LogP) is 5.02. The van der Waals surface area contributed by atoms with E-state index < -0.39 is 37.3 Å². The number of benzene rings is 2. The molecule has 1 aliphatic heterocycles. The Kier molecular flexibility index (Phi) is 21.3. The molecule has 1 aliphatic rings. The van der Waals surface area contributed by atoms with Crippen LogP contribution in [0.1, 0.15) is 108 Å². The molecule has 49 heavy (non-hydrogen) atoms. The molecule has 8 N–H and O–H groups in total. The van der Waals surface area contributed by atoms with Gasteiger partial charge in [0, 0.05) is 19.0 Å². The Balaban J connectivity index is 0.000000357. The highest BCUT2D eigenvalue weighted by Gasteiger charge is 2.44. The van der Waals surface area contributed by atoms with E-state index in [1.165, 1.54) is 82.8 Å². The van der Waals surface area contributed by atoms with E-state index >= 15 is 0 Å². The van der Waals surface area contributed by atoms with Gasteiger partial charge in [-0.05, 0) is 41.8 Å². The van der Waals surface area contributed by atoms with E-state index in [-0.39, 0.29) is 29.8 Å². The maximum atomic E-state index is 11.3. The third-order valence-corrected chi connectivity index (χ3v) is 8.32. The van der Waals surface area contributed by atoms with Crippen LogP contribution in [0.15, 0.2) is 42.5 Å². The molecule has 0 aromatic heterocycles. The number of unbranched alkanes of at least 4 members (excludes halogenated alkanes) is 12. The molecule has 0 spiro atoms. The van der Waals surface area contributed by atoms with Crippen LogP contribution in [-0.4, -0.2) is 92.1 Å². The van der Waals surface area contributed by atoms with Crippen molar-refractivity contribution >= 4 is 18.1 Å². The summed E-state index contributed by atoms with van der Waals surface area (Å²) in [6.07, 6.45) is 14.3. The van der Waals surface area contributed by atoms with Crippen LogP contribution in [0.4, 0.5) is 0 Å². The van der Waals surface area contributed by atoms with Gasteiger partial charge in [0.1, 0.15) is 41.7 Å². The lowest BCUT2D eigenvalue weighted by Crippen LogP contribution is -2.60. The van der Waals surface area contributed by atoms with Crippen molar-refractivity contribution in [1.29, 1.82) is 0 Å². The summed E-state index contributed by atoms with van der Waals surface area (Å²) < 4.78 is 10.8. The normalized spacial score (nSPS) is 20.5. The molecule has 0 unspecified atom stereocenters. The molecule has 1 heterocycles. The van der Waals surface area contributed by atoms with Gasteiger partial charge in [0.25, 0.3) is 0 Å². The van der Waals surface area contributed by atoms with Crippen molar-refractivity contribution in [3.05, 3.63) is 53.6 Å². The van der Waals surface area contributed by atoms with Gasteiger partial charge in [0.15, 0.2) is 0 Å². The van der Waals surface area contributed by atoms with Crippen LogP contribution >= 0.6 is 0 Å². The van der Waals surface area contributed by atoms with Crippen LogP contribution < -0.4 is 10.1 Å². The summed E-state index contributed by atoms with van der Waals surface area (Å²) in [6, 6.07) is 10.9.